The van der Waals surface area contributed by atoms with Crippen molar-refractivity contribution in [2.75, 3.05) is 31.2 Å². The van der Waals surface area contributed by atoms with Gasteiger partial charge in [-0.15, -0.1) is 0 Å². The number of anilines is 1. The van der Waals surface area contributed by atoms with Gasteiger partial charge in [-0.25, -0.2) is 4.79 Å². The number of carbonyl (C=O) groups is 1. The molecule has 2 aliphatic heterocycles. The third-order valence-corrected chi connectivity index (χ3v) is 14.1. The van der Waals surface area contributed by atoms with Crippen LogP contribution in [0.15, 0.2) is 24.3 Å². The quantitative estimate of drug-likeness (QED) is 0.173. The first-order valence-electron chi connectivity index (χ1n) is 18.9. The van der Waals surface area contributed by atoms with Crippen molar-refractivity contribution in [2.45, 2.75) is 130 Å². The lowest BCUT2D eigenvalue weighted by molar-refractivity contribution is -0.122. The fourth-order valence-electron chi connectivity index (χ4n) is 11.1. The van der Waals surface area contributed by atoms with Crippen LogP contribution in [-0.4, -0.2) is 50.6 Å². The summed E-state index contributed by atoms with van der Waals surface area (Å²) in [6, 6.07) is 8.03. The van der Waals surface area contributed by atoms with Crippen molar-refractivity contribution in [1.82, 2.24) is 0 Å². The lowest BCUT2D eigenvalue weighted by Crippen LogP contribution is -2.53. The molecule has 4 saturated carbocycles. The third-order valence-electron chi connectivity index (χ3n) is 14.1. The van der Waals surface area contributed by atoms with Crippen molar-refractivity contribution in [1.29, 1.82) is 0 Å². The lowest BCUT2D eigenvalue weighted by atomic mass is 9.45. The van der Waals surface area contributed by atoms with Crippen LogP contribution in [0.4, 0.5) is 5.69 Å². The zero-order chi connectivity index (χ0) is 31.3. The standard InChI is InChI=1S/C40H61NO4/c1-26(2)7-6-8-27(3)29-19-37-35-14-11-30-20-32(15-18-40(30,5)36(35)16-17-39(37,4)21-29)45-38(42)28-9-12-31(13-10-28)41(22-33-24-43-33)23-34-25-44-34/h9-10,12-13,26-27,29-30,32-37H,6-8,11,14-25H2,1-5H3. The summed E-state index contributed by atoms with van der Waals surface area (Å²) < 4.78 is 17.2. The second kappa shape index (κ2) is 12.8. The summed E-state index contributed by atoms with van der Waals surface area (Å²) in [5, 5.41) is 0. The van der Waals surface area contributed by atoms with E-state index in [0.717, 1.165) is 80.3 Å². The van der Waals surface area contributed by atoms with E-state index in [0.29, 0.717) is 34.5 Å². The number of epoxide rings is 2. The molecule has 5 nitrogen and oxygen atoms in total. The summed E-state index contributed by atoms with van der Waals surface area (Å²) in [5.41, 5.74) is 2.77. The van der Waals surface area contributed by atoms with Gasteiger partial charge in [-0.2, -0.15) is 0 Å². The lowest BCUT2D eigenvalue weighted by Gasteiger charge is -2.60. The number of rotatable bonds is 12. The minimum Gasteiger partial charge on any atom is -0.459 e. The van der Waals surface area contributed by atoms with Crippen LogP contribution < -0.4 is 4.90 Å². The average Bonchev–Trinajstić information content (AvgIpc) is 3.96. The number of hydrogen-bond acceptors (Lipinski definition) is 5. The summed E-state index contributed by atoms with van der Waals surface area (Å²) in [6.07, 6.45) is 16.8. The molecule has 45 heavy (non-hydrogen) atoms. The minimum absolute atomic E-state index is 0.0544. The van der Waals surface area contributed by atoms with Crippen LogP contribution in [0.25, 0.3) is 0 Å². The second-order valence-corrected chi connectivity index (χ2v) is 17.5. The number of esters is 1. The molecule has 0 N–H and O–H groups in total. The minimum atomic E-state index is -0.153. The van der Waals surface area contributed by atoms with Crippen LogP contribution in [0.5, 0.6) is 0 Å². The Kier molecular flexibility index (Phi) is 9.09. The molecule has 250 valence electrons. The highest BCUT2D eigenvalue weighted by atomic mass is 16.6. The maximum absolute atomic E-state index is 13.3. The molecule has 0 aromatic heterocycles. The molecule has 2 saturated heterocycles. The van der Waals surface area contributed by atoms with E-state index in [9.17, 15) is 4.79 Å². The van der Waals surface area contributed by atoms with Crippen LogP contribution in [-0.2, 0) is 14.2 Å². The van der Waals surface area contributed by atoms with Crippen molar-refractivity contribution in [2.24, 2.45) is 52.3 Å². The first-order valence-corrected chi connectivity index (χ1v) is 18.9. The molecule has 0 spiro atoms. The van der Waals surface area contributed by atoms with E-state index in [1.165, 1.54) is 64.2 Å². The van der Waals surface area contributed by atoms with Gasteiger partial charge in [0.25, 0.3) is 0 Å². The van der Waals surface area contributed by atoms with E-state index in [1.807, 2.05) is 12.1 Å². The van der Waals surface area contributed by atoms with Gasteiger partial charge in [0, 0.05) is 18.8 Å². The summed E-state index contributed by atoms with van der Waals surface area (Å²) >= 11 is 0. The summed E-state index contributed by atoms with van der Waals surface area (Å²) in [5.74, 6) is 5.88. The Balaban J connectivity index is 0.940. The smallest absolute Gasteiger partial charge is 0.338 e. The molecule has 4 aliphatic carbocycles. The highest BCUT2D eigenvalue weighted by Gasteiger charge is 2.59. The molecule has 1 aromatic carbocycles. The number of fused-ring (bicyclic) bond motifs is 5. The van der Waals surface area contributed by atoms with Crippen LogP contribution in [0.2, 0.25) is 0 Å². The average molecular weight is 620 g/mol. The van der Waals surface area contributed by atoms with Crippen LogP contribution in [0.1, 0.15) is 122 Å². The highest BCUT2D eigenvalue weighted by Crippen LogP contribution is 2.67. The van der Waals surface area contributed by atoms with Gasteiger partial charge in [0.1, 0.15) is 6.10 Å². The zero-order valence-corrected chi connectivity index (χ0v) is 29.0. The van der Waals surface area contributed by atoms with Gasteiger partial charge >= 0.3 is 5.97 Å². The highest BCUT2D eigenvalue weighted by molar-refractivity contribution is 5.90. The topological polar surface area (TPSA) is 54.6 Å². The Morgan fingerprint density at radius 3 is 2.29 bits per heavy atom. The van der Waals surface area contributed by atoms with Crippen molar-refractivity contribution in [3.05, 3.63) is 29.8 Å². The number of benzene rings is 1. The molecule has 11 unspecified atom stereocenters. The molecule has 5 heteroatoms. The number of carbonyl (C=O) groups excluding carboxylic acids is 1. The normalized spacial score (nSPS) is 40.7. The van der Waals surface area contributed by atoms with E-state index < -0.39 is 0 Å². The monoisotopic (exact) mass is 619 g/mol. The Morgan fingerprint density at radius 2 is 1.62 bits per heavy atom. The summed E-state index contributed by atoms with van der Waals surface area (Å²) in [6.45, 7) is 16.1. The van der Waals surface area contributed by atoms with Crippen LogP contribution in [0, 0.1) is 52.3 Å². The third kappa shape index (κ3) is 6.87. The SMILES string of the molecule is CC(C)CCCC(C)C1CC2C3CCC4CC(OC(=O)c5ccc(N(CC6CO6)CC6CO6)cc5)CCC4(C)C3CCC2(C)C1. The van der Waals surface area contributed by atoms with E-state index >= 15 is 0 Å². The van der Waals surface area contributed by atoms with Gasteiger partial charge in [0.05, 0.1) is 31.0 Å². The molecule has 11 atom stereocenters. The van der Waals surface area contributed by atoms with Crippen molar-refractivity contribution in [3.8, 4) is 0 Å². The molecule has 7 rings (SSSR count). The van der Waals surface area contributed by atoms with Crippen molar-refractivity contribution < 1.29 is 19.0 Å². The van der Waals surface area contributed by atoms with Gasteiger partial charge in [0.2, 0.25) is 0 Å². The summed E-state index contributed by atoms with van der Waals surface area (Å²) in [4.78, 5) is 15.6. The largest absolute Gasteiger partial charge is 0.459 e. The van der Waals surface area contributed by atoms with E-state index in [1.54, 1.807) is 0 Å². The maximum Gasteiger partial charge on any atom is 0.338 e. The van der Waals surface area contributed by atoms with Crippen LogP contribution in [0.3, 0.4) is 0 Å². The molecule has 1 aromatic rings. The van der Waals surface area contributed by atoms with Gasteiger partial charge < -0.3 is 19.1 Å². The van der Waals surface area contributed by atoms with Gasteiger partial charge in [-0.3, -0.25) is 0 Å². The number of hydrogen-bond donors (Lipinski definition) is 0. The number of nitrogens with zero attached hydrogens (tertiary/aromatic N) is 1. The first kappa shape index (κ1) is 32.0. The van der Waals surface area contributed by atoms with Crippen LogP contribution >= 0.6 is 0 Å². The van der Waals surface area contributed by atoms with Crippen molar-refractivity contribution in [3.63, 3.8) is 0 Å². The predicted molar refractivity (Wildman–Crippen MR) is 180 cm³/mol. The molecule has 0 bridgehead atoms. The van der Waals surface area contributed by atoms with E-state index in [2.05, 4.69) is 51.7 Å². The molecular weight excluding hydrogens is 558 g/mol. The fraction of sp³-hybridized carbons (Fsp3) is 0.825. The Bertz CT molecular complexity index is 1160. The molecule has 6 fully saturated rings. The predicted octanol–water partition coefficient (Wildman–Crippen LogP) is 8.94. The zero-order valence-electron chi connectivity index (χ0n) is 29.0. The molecule has 0 radical (unpaired) electrons. The first-order chi connectivity index (χ1) is 21.6. The van der Waals surface area contributed by atoms with E-state index in [-0.39, 0.29) is 12.1 Å². The maximum atomic E-state index is 13.3. The van der Waals surface area contributed by atoms with Gasteiger partial charge in [0.15, 0.2) is 0 Å². The molecule has 6 aliphatic rings. The molecular formula is C40H61NO4. The Morgan fingerprint density at radius 1 is 0.911 bits per heavy atom. The van der Waals surface area contributed by atoms with Gasteiger partial charge in [-0.05, 0) is 134 Å². The Labute approximate surface area is 273 Å². The molecule has 2 heterocycles. The number of ether oxygens (including phenoxy) is 3. The summed E-state index contributed by atoms with van der Waals surface area (Å²) in [7, 11) is 0. The Hall–Kier alpha value is -1.59. The molecule has 0 amide bonds. The van der Waals surface area contributed by atoms with Crippen molar-refractivity contribution >= 4 is 11.7 Å². The van der Waals surface area contributed by atoms with Gasteiger partial charge in [-0.1, -0.05) is 53.9 Å². The fourth-order valence-corrected chi connectivity index (χ4v) is 11.1. The second-order valence-electron chi connectivity index (χ2n) is 17.5. The van der Waals surface area contributed by atoms with E-state index in [4.69, 9.17) is 14.2 Å².